The van der Waals surface area contributed by atoms with E-state index >= 15 is 0 Å². The molecule has 2 unspecified atom stereocenters. The fourth-order valence-electron chi connectivity index (χ4n) is 2.69. The number of rotatable bonds is 3. The fourth-order valence-corrected chi connectivity index (χ4v) is 2.69. The minimum absolute atomic E-state index is 0.131. The van der Waals surface area contributed by atoms with E-state index in [1.165, 1.54) is 0 Å². The predicted octanol–water partition coefficient (Wildman–Crippen LogP) is 0.977. The summed E-state index contributed by atoms with van der Waals surface area (Å²) in [6, 6.07) is 7.36. The number of aromatic nitrogens is 4. The molecule has 0 bridgehead atoms. The first-order valence-electron chi connectivity index (χ1n) is 6.97. The second-order valence-corrected chi connectivity index (χ2v) is 5.30. The zero-order valence-corrected chi connectivity index (χ0v) is 11.7. The van der Waals surface area contributed by atoms with Crippen molar-refractivity contribution in [3.63, 3.8) is 0 Å². The highest BCUT2D eigenvalue weighted by atomic mass is 16.3. The highest BCUT2D eigenvalue weighted by Gasteiger charge is 2.31. The Morgan fingerprint density at radius 1 is 1.43 bits per heavy atom. The van der Waals surface area contributed by atoms with Crippen molar-refractivity contribution in [1.82, 2.24) is 20.2 Å². The van der Waals surface area contributed by atoms with Gasteiger partial charge in [0, 0.05) is 18.3 Å². The van der Waals surface area contributed by atoms with Gasteiger partial charge in [0.1, 0.15) is 0 Å². The average molecular weight is 287 g/mol. The van der Waals surface area contributed by atoms with Crippen molar-refractivity contribution >= 4 is 11.6 Å². The number of nitrogens with one attached hydrogen (secondary N) is 1. The fraction of sp³-hybridized carbons (Fsp3) is 0.429. The molecule has 1 aliphatic carbocycles. The van der Waals surface area contributed by atoms with E-state index in [0.717, 1.165) is 18.4 Å². The van der Waals surface area contributed by atoms with Gasteiger partial charge in [0.05, 0.1) is 12.0 Å². The van der Waals surface area contributed by atoms with Crippen LogP contribution in [0.5, 0.6) is 0 Å². The Bertz CT molecular complexity index is 654. The lowest BCUT2D eigenvalue weighted by Crippen LogP contribution is -2.28. The smallest absolute Gasteiger partial charge is 0.230 e. The highest BCUT2D eigenvalue weighted by Crippen LogP contribution is 2.27. The quantitative estimate of drug-likeness (QED) is 0.877. The van der Waals surface area contributed by atoms with Crippen LogP contribution < -0.4 is 5.32 Å². The standard InChI is InChI=1S/C14H17N5O2/c1-19-13(16-17-18-19)9-4-2-5-10(8-9)15-14(21)11-6-3-7-12(11)20/h2,4-5,8,11-12,20H,3,6-7H2,1H3,(H,15,21). The number of carbonyl (C=O) groups is 1. The molecule has 0 aliphatic heterocycles. The van der Waals surface area contributed by atoms with E-state index in [4.69, 9.17) is 0 Å². The number of amides is 1. The summed E-state index contributed by atoms with van der Waals surface area (Å²) in [7, 11) is 1.76. The van der Waals surface area contributed by atoms with E-state index in [1.807, 2.05) is 24.3 Å². The average Bonchev–Trinajstić information content (AvgIpc) is 3.07. The van der Waals surface area contributed by atoms with Crippen LogP contribution in [0.2, 0.25) is 0 Å². The normalized spacial score (nSPS) is 21.4. The molecule has 7 nitrogen and oxygen atoms in total. The van der Waals surface area contributed by atoms with Gasteiger partial charge in [-0.15, -0.1) is 5.10 Å². The number of aryl methyl sites for hydroxylation is 1. The van der Waals surface area contributed by atoms with Gasteiger partial charge in [-0.1, -0.05) is 12.1 Å². The van der Waals surface area contributed by atoms with E-state index in [0.29, 0.717) is 17.9 Å². The number of carbonyl (C=O) groups excluding carboxylic acids is 1. The summed E-state index contributed by atoms with van der Waals surface area (Å²) in [4.78, 5) is 12.2. The lowest BCUT2D eigenvalue weighted by Gasteiger charge is -2.14. The third kappa shape index (κ3) is 2.78. The van der Waals surface area contributed by atoms with Crippen molar-refractivity contribution in [2.45, 2.75) is 25.4 Å². The van der Waals surface area contributed by atoms with Crippen molar-refractivity contribution in [3.05, 3.63) is 24.3 Å². The highest BCUT2D eigenvalue weighted by molar-refractivity contribution is 5.93. The van der Waals surface area contributed by atoms with Gasteiger partial charge in [0.25, 0.3) is 0 Å². The number of anilines is 1. The van der Waals surface area contributed by atoms with E-state index < -0.39 is 6.10 Å². The summed E-state index contributed by atoms with van der Waals surface area (Å²) in [6.07, 6.45) is 1.79. The molecule has 1 heterocycles. The summed E-state index contributed by atoms with van der Waals surface area (Å²) in [5.74, 6) is 0.186. The Balaban J connectivity index is 1.77. The molecule has 0 saturated heterocycles. The number of nitrogens with zero attached hydrogens (tertiary/aromatic N) is 4. The Labute approximate surface area is 122 Å². The van der Waals surface area contributed by atoms with Gasteiger partial charge < -0.3 is 10.4 Å². The third-order valence-electron chi connectivity index (χ3n) is 3.82. The van der Waals surface area contributed by atoms with Gasteiger partial charge in [0.2, 0.25) is 5.91 Å². The molecule has 1 amide bonds. The SMILES string of the molecule is Cn1nnnc1-c1cccc(NC(=O)C2CCCC2O)c1. The first-order chi connectivity index (χ1) is 10.1. The topological polar surface area (TPSA) is 92.9 Å². The Kier molecular flexibility index (Phi) is 3.66. The first-order valence-corrected chi connectivity index (χ1v) is 6.97. The molecule has 1 aromatic heterocycles. The number of hydrogen-bond acceptors (Lipinski definition) is 5. The van der Waals surface area contributed by atoms with Crippen LogP contribution in [-0.4, -0.2) is 37.3 Å². The predicted molar refractivity (Wildman–Crippen MR) is 76.2 cm³/mol. The van der Waals surface area contributed by atoms with Crippen LogP contribution in [0.4, 0.5) is 5.69 Å². The summed E-state index contributed by atoms with van der Waals surface area (Å²) >= 11 is 0. The Morgan fingerprint density at radius 3 is 2.95 bits per heavy atom. The maximum Gasteiger partial charge on any atom is 0.230 e. The zero-order valence-electron chi connectivity index (χ0n) is 11.7. The van der Waals surface area contributed by atoms with E-state index in [1.54, 1.807) is 11.7 Å². The summed E-state index contributed by atoms with van der Waals surface area (Å²) < 4.78 is 1.57. The molecular weight excluding hydrogens is 270 g/mol. The summed E-state index contributed by atoms with van der Waals surface area (Å²) in [6.45, 7) is 0. The molecule has 110 valence electrons. The second kappa shape index (κ2) is 5.61. The zero-order chi connectivity index (χ0) is 14.8. The molecule has 21 heavy (non-hydrogen) atoms. The molecule has 1 fully saturated rings. The number of benzene rings is 1. The molecule has 3 rings (SSSR count). The van der Waals surface area contributed by atoms with Crippen molar-refractivity contribution in [2.75, 3.05) is 5.32 Å². The molecular formula is C14H17N5O2. The number of tetrazole rings is 1. The van der Waals surface area contributed by atoms with Crippen LogP contribution >= 0.6 is 0 Å². The van der Waals surface area contributed by atoms with E-state index in [9.17, 15) is 9.90 Å². The maximum atomic E-state index is 12.2. The van der Waals surface area contributed by atoms with Gasteiger partial charge in [-0.05, 0) is 41.8 Å². The maximum absolute atomic E-state index is 12.2. The van der Waals surface area contributed by atoms with Gasteiger partial charge in [0.15, 0.2) is 5.82 Å². The van der Waals surface area contributed by atoms with Crippen LogP contribution in [0.15, 0.2) is 24.3 Å². The lowest BCUT2D eigenvalue weighted by molar-refractivity contribution is -0.122. The van der Waals surface area contributed by atoms with Crippen molar-refractivity contribution in [1.29, 1.82) is 0 Å². The van der Waals surface area contributed by atoms with Crippen LogP contribution in [0, 0.1) is 5.92 Å². The number of aliphatic hydroxyl groups excluding tert-OH is 1. The lowest BCUT2D eigenvalue weighted by atomic mass is 10.0. The van der Waals surface area contributed by atoms with Crippen LogP contribution in [0.1, 0.15) is 19.3 Å². The van der Waals surface area contributed by atoms with Gasteiger partial charge in [-0.3, -0.25) is 4.79 Å². The molecule has 2 N–H and O–H groups in total. The van der Waals surface area contributed by atoms with Gasteiger partial charge in [-0.2, -0.15) is 0 Å². The molecule has 0 radical (unpaired) electrons. The molecule has 2 aromatic rings. The van der Waals surface area contributed by atoms with E-state index in [-0.39, 0.29) is 11.8 Å². The Hall–Kier alpha value is -2.28. The second-order valence-electron chi connectivity index (χ2n) is 5.30. The summed E-state index contributed by atoms with van der Waals surface area (Å²) in [5.41, 5.74) is 1.51. The summed E-state index contributed by atoms with van der Waals surface area (Å²) in [5, 5.41) is 24.0. The third-order valence-corrected chi connectivity index (χ3v) is 3.82. The number of hydrogen-bond donors (Lipinski definition) is 2. The van der Waals surface area contributed by atoms with Gasteiger partial charge >= 0.3 is 0 Å². The van der Waals surface area contributed by atoms with Crippen molar-refractivity contribution in [2.24, 2.45) is 13.0 Å². The van der Waals surface area contributed by atoms with Crippen molar-refractivity contribution in [3.8, 4) is 11.4 Å². The molecule has 1 aliphatic rings. The molecule has 1 saturated carbocycles. The molecule has 0 spiro atoms. The van der Waals surface area contributed by atoms with Crippen LogP contribution in [0.3, 0.4) is 0 Å². The molecule has 2 atom stereocenters. The van der Waals surface area contributed by atoms with Crippen molar-refractivity contribution < 1.29 is 9.90 Å². The largest absolute Gasteiger partial charge is 0.392 e. The minimum atomic E-state index is -0.531. The molecule has 7 heteroatoms. The monoisotopic (exact) mass is 287 g/mol. The van der Waals surface area contributed by atoms with Crippen LogP contribution in [-0.2, 0) is 11.8 Å². The van der Waals surface area contributed by atoms with E-state index in [2.05, 4.69) is 20.8 Å². The number of aliphatic hydroxyl groups is 1. The van der Waals surface area contributed by atoms with Gasteiger partial charge in [-0.25, -0.2) is 4.68 Å². The Morgan fingerprint density at radius 2 is 2.29 bits per heavy atom. The van der Waals surface area contributed by atoms with Crippen LogP contribution in [0.25, 0.3) is 11.4 Å². The minimum Gasteiger partial charge on any atom is -0.392 e. The first kappa shape index (κ1) is 13.7. The molecule has 1 aromatic carbocycles.